The molecule has 0 aliphatic carbocycles. The molecule has 148 valence electrons. The maximum atomic E-state index is 12.5. The number of rotatable bonds is 5. The highest BCUT2D eigenvalue weighted by atomic mass is 35.5. The largest absolute Gasteiger partial charge is 0.339 e. The lowest BCUT2D eigenvalue weighted by atomic mass is 10.0. The van der Waals surface area contributed by atoms with E-state index in [-0.39, 0.29) is 24.4 Å². The molecule has 1 aliphatic heterocycles. The number of hydrogen-bond donors (Lipinski definition) is 1. The Morgan fingerprint density at radius 2 is 2.00 bits per heavy atom. The summed E-state index contributed by atoms with van der Waals surface area (Å²) >= 11 is 0. The fourth-order valence-electron chi connectivity index (χ4n) is 3.26. The fraction of sp³-hybridized carbons (Fsp3) is 0.550. The highest BCUT2D eigenvalue weighted by molar-refractivity contribution is 5.85. The van der Waals surface area contributed by atoms with E-state index in [0.717, 1.165) is 18.7 Å². The molecule has 2 unspecified atom stereocenters. The summed E-state index contributed by atoms with van der Waals surface area (Å²) in [5.41, 5.74) is 2.21. The van der Waals surface area contributed by atoms with Gasteiger partial charge in [-0.2, -0.15) is 4.98 Å². The van der Waals surface area contributed by atoms with Crippen LogP contribution in [-0.2, 0) is 11.2 Å². The van der Waals surface area contributed by atoms with Crippen LogP contribution >= 0.6 is 12.4 Å². The van der Waals surface area contributed by atoms with Crippen LogP contribution in [-0.4, -0.2) is 46.1 Å². The van der Waals surface area contributed by atoms with Crippen LogP contribution in [0.3, 0.4) is 0 Å². The van der Waals surface area contributed by atoms with Gasteiger partial charge in [-0.15, -0.1) is 12.4 Å². The van der Waals surface area contributed by atoms with Gasteiger partial charge < -0.3 is 14.7 Å². The van der Waals surface area contributed by atoms with Gasteiger partial charge in [0.15, 0.2) is 0 Å². The Labute approximate surface area is 167 Å². The third-order valence-electron chi connectivity index (χ3n) is 5.21. The minimum absolute atomic E-state index is 0. The number of carbonyl (C=O) groups is 1. The first-order valence-electron chi connectivity index (χ1n) is 9.41. The van der Waals surface area contributed by atoms with Crippen molar-refractivity contribution in [3.8, 4) is 11.4 Å². The molecule has 0 radical (unpaired) electrons. The van der Waals surface area contributed by atoms with Gasteiger partial charge in [-0.1, -0.05) is 43.3 Å². The summed E-state index contributed by atoms with van der Waals surface area (Å²) < 4.78 is 5.34. The Morgan fingerprint density at radius 1 is 1.30 bits per heavy atom. The average Bonchev–Trinajstić information content (AvgIpc) is 3.11. The van der Waals surface area contributed by atoms with Gasteiger partial charge in [0.2, 0.25) is 17.6 Å². The quantitative estimate of drug-likeness (QED) is 0.844. The number of benzene rings is 1. The summed E-state index contributed by atoms with van der Waals surface area (Å²) in [6.07, 6.45) is 0.867. The molecule has 1 aliphatic rings. The first kappa shape index (κ1) is 21.4. The number of carbonyl (C=O) groups excluding carboxylic acids is 1. The summed E-state index contributed by atoms with van der Waals surface area (Å²) in [4.78, 5) is 18.9. The normalized spacial score (nSPS) is 19.8. The minimum Gasteiger partial charge on any atom is -0.339 e. The molecule has 0 spiro atoms. The molecule has 1 N–H and O–H groups in total. The van der Waals surface area contributed by atoms with Crippen LogP contribution in [0.15, 0.2) is 28.8 Å². The Bertz CT molecular complexity index is 745. The monoisotopic (exact) mass is 392 g/mol. The third kappa shape index (κ3) is 5.08. The highest BCUT2D eigenvalue weighted by Crippen LogP contribution is 2.21. The highest BCUT2D eigenvalue weighted by Gasteiger charge is 2.27. The zero-order chi connectivity index (χ0) is 18.7. The van der Waals surface area contributed by atoms with Gasteiger partial charge in [-0.05, 0) is 25.3 Å². The molecule has 2 aromatic rings. The Kier molecular flexibility index (Phi) is 7.39. The van der Waals surface area contributed by atoms with Crippen molar-refractivity contribution in [2.45, 2.75) is 58.5 Å². The number of aromatic nitrogens is 2. The van der Waals surface area contributed by atoms with Gasteiger partial charge in [0.1, 0.15) is 0 Å². The lowest BCUT2D eigenvalue weighted by Gasteiger charge is -2.38. The van der Waals surface area contributed by atoms with E-state index < -0.39 is 0 Å². The van der Waals surface area contributed by atoms with Crippen molar-refractivity contribution >= 4 is 18.3 Å². The molecule has 0 saturated carbocycles. The molecule has 1 saturated heterocycles. The topological polar surface area (TPSA) is 71.3 Å². The molecule has 1 amide bonds. The molecular weight excluding hydrogens is 364 g/mol. The molecular formula is C20H29ClN4O2. The SMILES string of the molecule is CC(C)c1ccc(-c2noc(CCC(=O)N3CCNC(C)C3C)n2)cc1.Cl. The molecule has 2 atom stereocenters. The zero-order valence-corrected chi connectivity index (χ0v) is 17.3. The number of halogens is 1. The number of aryl methyl sites for hydroxylation is 1. The third-order valence-corrected chi connectivity index (χ3v) is 5.21. The predicted molar refractivity (Wildman–Crippen MR) is 108 cm³/mol. The zero-order valence-electron chi connectivity index (χ0n) is 16.4. The van der Waals surface area contributed by atoms with Crippen molar-refractivity contribution in [3.05, 3.63) is 35.7 Å². The molecule has 2 heterocycles. The van der Waals surface area contributed by atoms with Crippen molar-refractivity contribution in [1.82, 2.24) is 20.4 Å². The molecule has 6 nitrogen and oxygen atoms in total. The second kappa shape index (κ2) is 9.33. The van der Waals surface area contributed by atoms with Gasteiger partial charge in [-0.25, -0.2) is 0 Å². The second-order valence-electron chi connectivity index (χ2n) is 7.36. The number of nitrogens with zero attached hydrogens (tertiary/aromatic N) is 3. The van der Waals surface area contributed by atoms with E-state index in [0.29, 0.717) is 36.5 Å². The van der Waals surface area contributed by atoms with E-state index in [1.807, 2.05) is 17.0 Å². The molecule has 1 aromatic heterocycles. The number of hydrogen-bond acceptors (Lipinski definition) is 5. The lowest BCUT2D eigenvalue weighted by molar-refractivity contribution is -0.134. The van der Waals surface area contributed by atoms with Crippen molar-refractivity contribution in [2.24, 2.45) is 0 Å². The van der Waals surface area contributed by atoms with Crippen LogP contribution in [0.1, 0.15) is 51.5 Å². The van der Waals surface area contributed by atoms with E-state index >= 15 is 0 Å². The van der Waals surface area contributed by atoms with Gasteiger partial charge in [0, 0.05) is 43.6 Å². The summed E-state index contributed by atoms with van der Waals surface area (Å²) in [6, 6.07) is 8.72. The average molecular weight is 393 g/mol. The van der Waals surface area contributed by atoms with Crippen LogP contribution in [0.5, 0.6) is 0 Å². The van der Waals surface area contributed by atoms with Crippen molar-refractivity contribution in [2.75, 3.05) is 13.1 Å². The van der Waals surface area contributed by atoms with Crippen molar-refractivity contribution < 1.29 is 9.32 Å². The summed E-state index contributed by atoms with van der Waals surface area (Å²) in [7, 11) is 0. The molecule has 1 fully saturated rings. The lowest BCUT2D eigenvalue weighted by Crippen LogP contribution is -2.57. The standard InChI is InChI=1S/C20H28N4O2.ClH/c1-13(2)16-5-7-17(8-6-16)20-22-18(26-23-20)9-10-19(25)24-12-11-21-14(3)15(24)4;/h5-8,13-15,21H,9-12H2,1-4H3;1H. The van der Waals surface area contributed by atoms with Crippen LogP contribution in [0.2, 0.25) is 0 Å². The molecule has 27 heavy (non-hydrogen) atoms. The Morgan fingerprint density at radius 3 is 2.67 bits per heavy atom. The minimum atomic E-state index is 0. The van der Waals surface area contributed by atoms with Gasteiger partial charge in [-0.3, -0.25) is 4.79 Å². The second-order valence-corrected chi connectivity index (χ2v) is 7.36. The fourth-order valence-corrected chi connectivity index (χ4v) is 3.26. The number of piperazine rings is 1. The molecule has 1 aromatic carbocycles. The van der Waals surface area contributed by atoms with E-state index in [9.17, 15) is 4.79 Å². The predicted octanol–water partition coefficient (Wildman–Crippen LogP) is 3.42. The van der Waals surface area contributed by atoms with Crippen LogP contribution in [0.4, 0.5) is 0 Å². The van der Waals surface area contributed by atoms with Gasteiger partial charge in [0.05, 0.1) is 0 Å². The van der Waals surface area contributed by atoms with E-state index in [4.69, 9.17) is 4.52 Å². The van der Waals surface area contributed by atoms with Crippen LogP contribution in [0, 0.1) is 0 Å². The summed E-state index contributed by atoms with van der Waals surface area (Å²) in [6.45, 7) is 10.1. The summed E-state index contributed by atoms with van der Waals surface area (Å²) in [5, 5.41) is 7.45. The van der Waals surface area contributed by atoms with E-state index in [1.165, 1.54) is 5.56 Å². The first-order chi connectivity index (χ1) is 12.5. The molecule has 3 rings (SSSR count). The van der Waals surface area contributed by atoms with Crippen LogP contribution < -0.4 is 5.32 Å². The Hall–Kier alpha value is -1.92. The van der Waals surface area contributed by atoms with Gasteiger partial charge >= 0.3 is 0 Å². The van der Waals surface area contributed by atoms with Gasteiger partial charge in [0.25, 0.3) is 0 Å². The van der Waals surface area contributed by atoms with E-state index in [2.05, 4.69) is 55.3 Å². The smallest absolute Gasteiger partial charge is 0.227 e. The maximum absolute atomic E-state index is 12.5. The number of nitrogens with one attached hydrogen (secondary N) is 1. The van der Waals surface area contributed by atoms with Crippen LogP contribution in [0.25, 0.3) is 11.4 Å². The first-order valence-corrected chi connectivity index (χ1v) is 9.41. The Balaban J connectivity index is 0.00000261. The van der Waals surface area contributed by atoms with Crippen molar-refractivity contribution in [1.29, 1.82) is 0 Å². The maximum Gasteiger partial charge on any atom is 0.227 e. The van der Waals surface area contributed by atoms with E-state index in [1.54, 1.807) is 0 Å². The molecule has 0 bridgehead atoms. The summed E-state index contributed by atoms with van der Waals surface area (Å²) in [5.74, 6) is 1.72. The number of amides is 1. The molecule has 7 heteroatoms. The van der Waals surface area contributed by atoms with Crippen molar-refractivity contribution in [3.63, 3.8) is 0 Å².